The van der Waals surface area contributed by atoms with Crippen molar-refractivity contribution >= 4 is 22.7 Å². The van der Waals surface area contributed by atoms with E-state index in [1.54, 1.807) is 24.0 Å². The van der Waals surface area contributed by atoms with Crippen LogP contribution in [0, 0.1) is 0 Å². The van der Waals surface area contributed by atoms with Crippen molar-refractivity contribution in [1.82, 2.24) is 14.8 Å². The fourth-order valence-corrected chi connectivity index (χ4v) is 5.19. The molecule has 5 rings (SSSR count). The lowest BCUT2D eigenvalue weighted by atomic mass is 9.86. The number of aromatic amines is 1. The molecule has 34 heavy (non-hydrogen) atoms. The zero-order valence-corrected chi connectivity index (χ0v) is 19.7. The van der Waals surface area contributed by atoms with Crippen LogP contribution in [0.1, 0.15) is 29.8 Å². The van der Waals surface area contributed by atoms with Crippen molar-refractivity contribution in [2.75, 3.05) is 40.5 Å². The lowest BCUT2D eigenvalue weighted by Crippen LogP contribution is -2.63. The van der Waals surface area contributed by atoms with Crippen molar-refractivity contribution in [3.05, 3.63) is 59.3 Å². The lowest BCUT2D eigenvalue weighted by molar-refractivity contribution is -0.159. The molecule has 2 aliphatic heterocycles. The number of hydrogen-bond donors (Lipinski definition) is 1. The number of piperazine rings is 1. The zero-order valence-electron chi connectivity index (χ0n) is 19.7. The molecule has 1 fully saturated rings. The number of benzene rings is 2. The van der Waals surface area contributed by atoms with Crippen LogP contribution >= 0.6 is 0 Å². The van der Waals surface area contributed by atoms with E-state index < -0.39 is 12.1 Å². The summed E-state index contributed by atoms with van der Waals surface area (Å²) >= 11 is 0. The summed E-state index contributed by atoms with van der Waals surface area (Å²) in [5.41, 5.74) is 3.87. The molecule has 0 spiro atoms. The molecule has 1 N–H and O–H groups in total. The van der Waals surface area contributed by atoms with Crippen LogP contribution in [0.2, 0.25) is 0 Å². The highest BCUT2D eigenvalue weighted by atomic mass is 16.5. The summed E-state index contributed by atoms with van der Waals surface area (Å²) in [6.45, 7) is 3.27. The molecule has 3 heterocycles. The number of nitrogens with zero attached hydrogens (tertiary/aromatic N) is 2. The number of aromatic nitrogens is 1. The van der Waals surface area contributed by atoms with Crippen LogP contribution in [0.25, 0.3) is 10.9 Å². The normalized spacial score (nSPS) is 19.9. The molecule has 8 heteroatoms. The molecule has 2 atom stereocenters. The van der Waals surface area contributed by atoms with Gasteiger partial charge in [0.2, 0.25) is 11.8 Å². The van der Waals surface area contributed by atoms with Crippen LogP contribution in [0.5, 0.6) is 11.5 Å². The van der Waals surface area contributed by atoms with E-state index >= 15 is 0 Å². The number of ether oxygens (including phenoxy) is 3. The van der Waals surface area contributed by atoms with Crippen LogP contribution in [0.4, 0.5) is 0 Å². The van der Waals surface area contributed by atoms with Gasteiger partial charge < -0.3 is 29.0 Å². The topological polar surface area (TPSA) is 84.1 Å². The molecule has 3 aromatic rings. The Bertz CT molecular complexity index is 1240. The van der Waals surface area contributed by atoms with Crippen LogP contribution in [-0.2, 0) is 20.7 Å². The van der Waals surface area contributed by atoms with Gasteiger partial charge in [-0.15, -0.1) is 0 Å². The van der Waals surface area contributed by atoms with Gasteiger partial charge in [-0.3, -0.25) is 9.59 Å². The van der Waals surface area contributed by atoms with Gasteiger partial charge in [-0.25, -0.2) is 0 Å². The fourth-order valence-electron chi connectivity index (χ4n) is 5.19. The summed E-state index contributed by atoms with van der Waals surface area (Å²) in [4.78, 5) is 33.9. The number of fused-ring (bicyclic) bond motifs is 4. The fraction of sp³-hybridized carbons (Fsp3) is 0.385. The Labute approximate surface area is 198 Å². The van der Waals surface area contributed by atoms with Gasteiger partial charge in [0.05, 0.1) is 32.9 Å². The van der Waals surface area contributed by atoms with Crippen molar-refractivity contribution < 1.29 is 23.8 Å². The number of amides is 2. The molecular formula is C26H29N3O5. The Hall–Kier alpha value is -3.52. The maximum atomic E-state index is 13.5. The van der Waals surface area contributed by atoms with Gasteiger partial charge in [-0.1, -0.05) is 24.3 Å². The summed E-state index contributed by atoms with van der Waals surface area (Å²) < 4.78 is 16.5. The van der Waals surface area contributed by atoms with Crippen molar-refractivity contribution in [2.24, 2.45) is 0 Å². The summed E-state index contributed by atoms with van der Waals surface area (Å²) in [7, 11) is 3.19. The number of methoxy groups -OCH3 is 2. The monoisotopic (exact) mass is 463 g/mol. The minimum absolute atomic E-state index is 0.0406. The molecule has 0 bridgehead atoms. The number of para-hydroxylation sites is 1. The lowest BCUT2D eigenvalue weighted by Gasteiger charge is -2.47. The van der Waals surface area contributed by atoms with Gasteiger partial charge in [0.1, 0.15) is 6.04 Å². The van der Waals surface area contributed by atoms with E-state index in [0.29, 0.717) is 37.7 Å². The highest BCUT2D eigenvalue weighted by molar-refractivity contribution is 5.97. The van der Waals surface area contributed by atoms with Crippen molar-refractivity contribution in [3.63, 3.8) is 0 Å². The van der Waals surface area contributed by atoms with Crippen molar-refractivity contribution in [3.8, 4) is 11.5 Å². The minimum Gasteiger partial charge on any atom is -0.493 e. The standard InChI is InChI=1S/C26H29N3O5/c1-4-34-21-10-9-16(13-22(21)33-3)25-24-18(17-7-5-6-8-19(17)27-24)14-20-26(31)28(11-12-32-2)15-23(30)29(20)25/h5-10,13,20,25,27H,4,11-12,14-15H2,1-3H3/t20-,25?/m0/s1. The molecule has 0 radical (unpaired) electrons. The molecule has 8 nitrogen and oxygen atoms in total. The Kier molecular flexibility index (Phi) is 5.91. The number of carbonyl (C=O) groups excluding carboxylic acids is 2. The van der Waals surface area contributed by atoms with Crippen molar-refractivity contribution in [1.29, 1.82) is 0 Å². The van der Waals surface area contributed by atoms with Crippen LogP contribution in [0.3, 0.4) is 0 Å². The second kappa shape index (κ2) is 9.02. The predicted molar refractivity (Wildman–Crippen MR) is 127 cm³/mol. The zero-order chi connectivity index (χ0) is 23.8. The Balaban J connectivity index is 1.65. The van der Waals surface area contributed by atoms with Crippen LogP contribution in [0.15, 0.2) is 42.5 Å². The second-order valence-corrected chi connectivity index (χ2v) is 8.58. The van der Waals surface area contributed by atoms with Gasteiger partial charge >= 0.3 is 0 Å². The van der Waals surface area contributed by atoms with E-state index in [1.165, 1.54) is 0 Å². The van der Waals surface area contributed by atoms with Crippen LogP contribution in [-0.4, -0.2) is 73.2 Å². The van der Waals surface area contributed by atoms with E-state index in [0.717, 1.165) is 27.7 Å². The quantitative estimate of drug-likeness (QED) is 0.583. The van der Waals surface area contributed by atoms with Gasteiger partial charge in [0.15, 0.2) is 11.5 Å². The van der Waals surface area contributed by atoms with Gasteiger partial charge in [0.25, 0.3) is 0 Å². The SMILES string of the molecule is CCOc1ccc(C2c3[nH]c4ccccc4c3C[C@H]3C(=O)N(CCOC)CC(=O)N23)cc1OC. The first-order chi connectivity index (χ1) is 16.6. The molecule has 0 aliphatic carbocycles. The first kappa shape index (κ1) is 22.3. The minimum atomic E-state index is -0.577. The van der Waals surface area contributed by atoms with Crippen molar-refractivity contribution in [2.45, 2.75) is 25.4 Å². The Morgan fingerprint density at radius 3 is 2.68 bits per heavy atom. The van der Waals surface area contributed by atoms with E-state index in [1.807, 2.05) is 43.3 Å². The summed E-state index contributed by atoms with van der Waals surface area (Å²) in [6, 6.07) is 12.8. The van der Waals surface area contributed by atoms with Crippen LogP contribution < -0.4 is 9.47 Å². The number of carbonyl (C=O) groups is 2. The third-order valence-electron chi connectivity index (χ3n) is 6.71. The molecular weight excluding hydrogens is 434 g/mol. The number of hydrogen-bond acceptors (Lipinski definition) is 5. The number of H-pyrrole nitrogens is 1. The maximum Gasteiger partial charge on any atom is 0.246 e. The first-order valence-corrected chi connectivity index (χ1v) is 11.6. The van der Waals surface area contributed by atoms with E-state index in [2.05, 4.69) is 11.1 Å². The smallest absolute Gasteiger partial charge is 0.246 e. The molecule has 1 aromatic heterocycles. The number of nitrogens with one attached hydrogen (secondary N) is 1. The molecule has 1 saturated heterocycles. The highest BCUT2D eigenvalue weighted by Gasteiger charge is 2.48. The molecule has 178 valence electrons. The molecule has 2 aromatic carbocycles. The first-order valence-electron chi connectivity index (χ1n) is 11.6. The van der Waals surface area contributed by atoms with Gasteiger partial charge in [-0.2, -0.15) is 0 Å². The molecule has 2 aliphatic rings. The third kappa shape index (κ3) is 3.58. The van der Waals surface area contributed by atoms with Gasteiger partial charge in [-0.05, 0) is 36.2 Å². The summed E-state index contributed by atoms with van der Waals surface area (Å²) in [5, 5.41) is 1.08. The average molecular weight is 464 g/mol. The summed E-state index contributed by atoms with van der Waals surface area (Å²) in [5.74, 6) is 1.11. The molecule has 2 amide bonds. The predicted octanol–water partition coefficient (Wildman–Crippen LogP) is 2.91. The number of rotatable bonds is 7. The second-order valence-electron chi connectivity index (χ2n) is 8.58. The average Bonchev–Trinajstić information content (AvgIpc) is 3.23. The highest BCUT2D eigenvalue weighted by Crippen LogP contribution is 2.44. The molecule has 0 saturated carbocycles. The Morgan fingerprint density at radius 1 is 1.09 bits per heavy atom. The largest absolute Gasteiger partial charge is 0.493 e. The van der Waals surface area contributed by atoms with E-state index in [9.17, 15) is 9.59 Å². The van der Waals surface area contributed by atoms with E-state index in [-0.39, 0.29) is 18.4 Å². The molecule has 1 unspecified atom stereocenters. The Morgan fingerprint density at radius 2 is 1.91 bits per heavy atom. The maximum absolute atomic E-state index is 13.5. The van der Waals surface area contributed by atoms with Gasteiger partial charge in [0, 0.05) is 36.7 Å². The third-order valence-corrected chi connectivity index (χ3v) is 6.71. The summed E-state index contributed by atoms with van der Waals surface area (Å²) in [6.07, 6.45) is 0.470. The van der Waals surface area contributed by atoms with E-state index in [4.69, 9.17) is 14.2 Å².